The van der Waals surface area contributed by atoms with Crippen LogP contribution in [0.25, 0.3) is 10.9 Å². The molecule has 1 aromatic carbocycles. The molecule has 2 nitrogen and oxygen atoms in total. The minimum atomic E-state index is 0.0575. The molecule has 0 spiro atoms. The lowest BCUT2D eigenvalue weighted by Crippen LogP contribution is -2.18. The zero-order valence-electron chi connectivity index (χ0n) is 11.2. The fourth-order valence-electron chi connectivity index (χ4n) is 1.88. The van der Waals surface area contributed by atoms with Crippen molar-refractivity contribution in [3.8, 4) is 0 Å². The number of pyridine rings is 1. The summed E-state index contributed by atoms with van der Waals surface area (Å²) in [5.74, 6) is 0.928. The summed E-state index contributed by atoms with van der Waals surface area (Å²) in [5.41, 5.74) is 8.53. The Balaban J connectivity index is 2.25. The van der Waals surface area contributed by atoms with E-state index in [1.807, 2.05) is 36.2 Å². The summed E-state index contributed by atoms with van der Waals surface area (Å²) in [5, 5.41) is 1.17. The van der Waals surface area contributed by atoms with Crippen LogP contribution in [0.2, 0.25) is 0 Å². The molecule has 0 bridgehead atoms. The van der Waals surface area contributed by atoms with E-state index in [4.69, 9.17) is 5.73 Å². The maximum absolute atomic E-state index is 6.32. The summed E-state index contributed by atoms with van der Waals surface area (Å²) < 4.78 is 0.250. The van der Waals surface area contributed by atoms with Crippen LogP contribution in [0.4, 0.5) is 0 Å². The first-order chi connectivity index (χ1) is 8.47. The van der Waals surface area contributed by atoms with Crippen LogP contribution < -0.4 is 5.73 Å². The highest BCUT2D eigenvalue weighted by Gasteiger charge is 2.15. The van der Waals surface area contributed by atoms with Gasteiger partial charge in [0.15, 0.2) is 0 Å². The third-order valence-corrected chi connectivity index (χ3v) is 4.17. The van der Waals surface area contributed by atoms with Gasteiger partial charge < -0.3 is 5.73 Å². The van der Waals surface area contributed by atoms with Crippen LogP contribution in [0.3, 0.4) is 0 Å². The predicted molar refractivity (Wildman–Crippen MR) is 80.9 cm³/mol. The van der Waals surface area contributed by atoms with Crippen molar-refractivity contribution < 1.29 is 0 Å². The molecule has 2 rings (SSSR count). The number of nitrogens with two attached hydrogens (primary N) is 1. The van der Waals surface area contributed by atoms with Gasteiger partial charge in [0.2, 0.25) is 0 Å². The van der Waals surface area contributed by atoms with Crippen LogP contribution in [0.15, 0.2) is 36.5 Å². The van der Waals surface area contributed by atoms with Gasteiger partial charge in [-0.25, -0.2) is 0 Å². The molecule has 0 aliphatic carbocycles. The monoisotopic (exact) mass is 260 g/mol. The Morgan fingerprint density at radius 1 is 1.22 bits per heavy atom. The average molecular weight is 260 g/mol. The zero-order valence-corrected chi connectivity index (χ0v) is 12.0. The minimum Gasteiger partial charge on any atom is -0.323 e. The number of thioether (sulfide) groups is 1. The number of hydrogen-bond acceptors (Lipinski definition) is 3. The molecule has 18 heavy (non-hydrogen) atoms. The van der Waals surface area contributed by atoms with Crippen molar-refractivity contribution in [2.45, 2.75) is 31.6 Å². The Bertz CT molecular complexity index is 526. The van der Waals surface area contributed by atoms with Gasteiger partial charge in [0.05, 0.1) is 5.52 Å². The lowest BCUT2D eigenvalue weighted by molar-refractivity contribution is 0.781. The number of benzene rings is 1. The second-order valence-electron chi connectivity index (χ2n) is 5.45. The number of aromatic nitrogens is 1. The maximum atomic E-state index is 6.32. The average Bonchev–Trinajstić information content (AvgIpc) is 2.34. The molecule has 2 N–H and O–H groups in total. The molecule has 1 aromatic heterocycles. The molecule has 0 radical (unpaired) electrons. The number of nitrogens with zero attached hydrogens (tertiary/aromatic N) is 1. The standard InChI is InChI=1S/C15H20N2S/c1-15(2,3)18-10-13(16)11-6-4-8-14-12(11)7-5-9-17-14/h4-9,13H,10,16H2,1-3H3. The van der Waals surface area contributed by atoms with Crippen LogP contribution in [0.1, 0.15) is 32.4 Å². The lowest BCUT2D eigenvalue weighted by Gasteiger charge is -2.21. The Hall–Kier alpha value is -1.06. The number of hydrogen-bond donors (Lipinski definition) is 1. The smallest absolute Gasteiger partial charge is 0.0705 e. The summed E-state index contributed by atoms with van der Waals surface area (Å²) in [6, 6.07) is 10.3. The highest BCUT2D eigenvalue weighted by atomic mass is 32.2. The summed E-state index contributed by atoms with van der Waals surface area (Å²) in [4.78, 5) is 4.37. The molecule has 1 atom stereocenters. The summed E-state index contributed by atoms with van der Waals surface area (Å²) >= 11 is 1.90. The van der Waals surface area contributed by atoms with Crippen molar-refractivity contribution in [1.82, 2.24) is 4.98 Å². The lowest BCUT2D eigenvalue weighted by atomic mass is 10.0. The molecule has 0 aliphatic heterocycles. The van der Waals surface area contributed by atoms with Gasteiger partial charge >= 0.3 is 0 Å². The Labute approximate surface area is 113 Å². The fourth-order valence-corrected chi connectivity index (χ4v) is 2.74. The predicted octanol–water partition coefficient (Wildman–Crippen LogP) is 3.77. The van der Waals surface area contributed by atoms with Gasteiger partial charge in [-0.2, -0.15) is 11.8 Å². The van der Waals surface area contributed by atoms with E-state index in [0.29, 0.717) is 0 Å². The number of rotatable bonds is 3. The highest BCUT2D eigenvalue weighted by molar-refractivity contribution is 8.00. The van der Waals surface area contributed by atoms with E-state index < -0.39 is 0 Å². The van der Waals surface area contributed by atoms with Crippen LogP contribution >= 0.6 is 11.8 Å². The molecule has 1 heterocycles. The van der Waals surface area contributed by atoms with E-state index in [9.17, 15) is 0 Å². The molecule has 0 saturated carbocycles. The van der Waals surface area contributed by atoms with E-state index in [0.717, 1.165) is 11.3 Å². The second-order valence-corrected chi connectivity index (χ2v) is 7.29. The van der Waals surface area contributed by atoms with E-state index >= 15 is 0 Å². The van der Waals surface area contributed by atoms with E-state index in [1.165, 1.54) is 10.9 Å². The van der Waals surface area contributed by atoms with Gasteiger partial charge in [-0.05, 0) is 17.7 Å². The quantitative estimate of drug-likeness (QED) is 0.913. The molecule has 0 amide bonds. The molecule has 0 saturated heterocycles. The van der Waals surface area contributed by atoms with Crippen LogP contribution in [0, 0.1) is 0 Å². The van der Waals surface area contributed by atoms with Crippen molar-refractivity contribution in [3.05, 3.63) is 42.1 Å². The SMILES string of the molecule is CC(C)(C)SCC(N)c1cccc2ncccc12. The molecule has 0 fully saturated rings. The number of fused-ring (bicyclic) bond motifs is 1. The molecule has 0 aliphatic rings. The molecule has 96 valence electrons. The van der Waals surface area contributed by atoms with E-state index in [1.54, 1.807) is 0 Å². The first-order valence-corrected chi connectivity index (χ1v) is 7.19. The van der Waals surface area contributed by atoms with E-state index in [-0.39, 0.29) is 10.8 Å². The first kappa shape index (κ1) is 13.4. The largest absolute Gasteiger partial charge is 0.323 e. The maximum Gasteiger partial charge on any atom is 0.0705 e. The highest BCUT2D eigenvalue weighted by Crippen LogP contribution is 2.29. The van der Waals surface area contributed by atoms with Crippen molar-refractivity contribution in [2.24, 2.45) is 5.73 Å². The van der Waals surface area contributed by atoms with Crippen LogP contribution in [-0.2, 0) is 0 Å². The van der Waals surface area contributed by atoms with Gasteiger partial charge in [0.25, 0.3) is 0 Å². The molecule has 1 unspecified atom stereocenters. The van der Waals surface area contributed by atoms with Gasteiger partial charge in [0.1, 0.15) is 0 Å². The Morgan fingerprint density at radius 2 is 2.00 bits per heavy atom. The molecular formula is C15H20N2S. The van der Waals surface area contributed by atoms with Gasteiger partial charge in [-0.1, -0.05) is 39.0 Å². The second kappa shape index (κ2) is 5.29. The molecular weight excluding hydrogens is 240 g/mol. The zero-order chi connectivity index (χ0) is 13.2. The van der Waals surface area contributed by atoms with Crippen LogP contribution in [0.5, 0.6) is 0 Å². The Morgan fingerprint density at radius 3 is 2.72 bits per heavy atom. The minimum absolute atomic E-state index is 0.0575. The van der Waals surface area contributed by atoms with Gasteiger partial charge in [-0.15, -0.1) is 0 Å². The van der Waals surface area contributed by atoms with Crippen molar-refractivity contribution >= 4 is 22.7 Å². The van der Waals surface area contributed by atoms with Gasteiger partial charge in [0, 0.05) is 28.1 Å². The first-order valence-electron chi connectivity index (χ1n) is 6.20. The van der Waals surface area contributed by atoms with E-state index in [2.05, 4.69) is 37.9 Å². The van der Waals surface area contributed by atoms with Gasteiger partial charge in [-0.3, -0.25) is 4.98 Å². The molecule has 3 heteroatoms. The summed E-state index contributed by atoms with van der Waals surface area (Å²) in [6.45, 7) is 6.65. The normalized spacial score (nSPS) is 13.8. The third-order valence-electron chi connectivity index (χ3n) is 2.77. The van der Waals surface area contributed by atoms with Crippen LogP contribution in [-0.4, -0.2) is 15.5 Å². The van der Waals surface area contributed by atoms with Crippen molar-refractivity contribution in [2.75, 3.05) is 5.75 Å². The van der Waals surface area contributed by atoms with Crippen molar-refractivity contribution in [3.63, 3.8) is 0 Å². The fraction of sp³-hybridized carbons (Fsp3) is 0.400. The summed E-state index contributed by atoms with van der Waals surface area (Å²) in [7, 11) is 0. The topological polar surface area (TPSA) is 38.9 Å². The molecule has 2 aromatic rings. The Kier molecular flexibility index (Phi) is 3.93. The van der Waals surface area contributed by atoms with Crippen molar-refractivity contribution in [1.29, 1.82) is 0 Å². The third kappa shape index (κ3) is 3.24. The summed E-state index contributed by atoms with van der Waals surface area (Å²) in [6.07, 6.45) is 1.82.